The van der Waals surface area contributed by atoms with Crippen LogP contribution in [0.5, 0.6) is 5.75 Å². The lowest BCUT2D eigenvalue weighted by molar-refractivity contribution is -0.301. The number of anilines is 1. The minimum Gasteiger partial charge on any atom is -0.508 e. The molecule has 1 amide bonds. The first kappa shape index (κ1) is 29.4. The van der Waals surface area contributed by atoms with Gasteiger partial charge in [0.1, 0.15) is 17.2 Å². The predicted molar refractivity (Wildman–Crippen MR) is 189 cm³/mol. The molecule has 2 unspecified atom stereocenters. The van der Waals surface area contributed by atoms with Gasteiger partial charge in [0.05, 0.1) is 36.9 Å². The fraction of sp³-hybridized carbons (Fsp3) is 0.400. The van der Waals surface area contributed by atoms with E-state index in [9.17, 15) is 19.1 Å². The van der Waals surface area contributed by atoms with Crippen molar-refractivity contribution in [3.63, 3.8) is 0 Å². The van der Waals surface area contributed by atoms with Crippen LogP contribution in [0.25, 0.3) is 22.4 Å². The van der Waals surface area contributed by atoms with Crippen LogP contribution in [-0.4, -0.2) is 45.1 Å². The van der Waals surface area contributed by atoms with E-state index in [-0.39, 0.29) is 47.0 Å². The Labute approximate surface area is 295 Å². The lowest BCUT2D eigenvalue weighted by Crippen LogP contribution is -2.46. The number of aromatic hydroxyl groups is 1. The van der Waals surface area contributed by atoms with E-state index < -0.39 is 71.5 Å². The van der Waals surface area contributed by atoms with Gasteiger partial charge in [-0.15, -0.1) is 0 Å². The minimum atomic E-state index is -1.03. The first-order valence-electron chi connectivity index (χ1n) is 18.9. The number of esters is 1. The zero-order valence-electron chi connectivity index (χ0n) is 34.0. The maximum atomic E-state index is 14.4. The summed E-state index contributed by atoms with van der Waals surface area (Å²) in [6.45, 7) is 13.0. The highest BCUT2D eigenvalue weighted by atomic mass is 19.1. The molecule has 0 bridgehead atoms. The van der Waals surface area contributed by atoms with Crippen molar-refractivity contribution >= 4 is 17.6 Å². The van der Waals surface area contributed by atoms with Gasteiger partial charge in [0, 0.05) is 29.8 Å². The molecule has 1 saturated heterocycles. The third-order valence-electron chi connectivity index (χ3n) is 8.00. The highest BCUT2D eigenvalue weighted by Gasteiger charge is 2.38. The summed E-state index contributed by atoms with van der Waals surface area (Å²) in [7, 11) is 0. The highest BCUT2D eigenvalue weighted by Crippen LogP contribution is 2.46. The van der Waals surface area contributed by atoms with Crippen molar-refractivity contribution in [3.05, 3.63) is 95.8 Å². The van der Waals surface area contributed by atoms with Crippen LogP contribution in [0.4, 0.5) is 10.1 Å². The number of amides is 1. The van der Waals surface area contributed by atoms with E-state index in [4.69, 9.17) is 21.1 Å². The van der Waals surface area contributed by atoms with Gasteiger partial charge in [0.15, 0.2) is 5.79 Å². The van der Waals surface area contributed by atoms with Crippen LogP contribution >= 0.6 is 0 Å². The number of carbonyl (C=O) groups is 2. The Kier molecular flexibility index (Phi) is 8.75. The molecular weight excluding hydrogens is 623 g/mol. The third-order valence-corrected chi connectivity index (χ3v) is 8.00. The second-order valence-corrected chi connectivity index (χ2v) is 14.0. The Morgan fingerprint density at radius 3 is 2.27 bits per heavy atom. The van der Waals surface area contributed by atoms with Crippen molar-refractivity contribution in [1.82, 2.24) is 4.57 Å². The zero-order chi connectivity index (χ0) is 39.9. The summed E-state index contributed by atoms with van der Waals surface area (Å²) in [6, 6.07) is 8.62. The summed E-state index contributed by atoms with van der Waals surface area (Å²) in [5.74, 6) is -2.83. The average Bonchev–Trinajstić information content (AvgIpc) is 3.37. The molecule has 2 N–H and O–H groups in total. The molecule has 9 heteroatoms. The molecule has 1 aliphatic rings. The molecule has 0 saturated carbocycles. The number of aromatic nitrogens is 1. The Hall–Kier alpha value is -4.47. The highest BCUT2D eigenvalue weighted by molar-refractivity contribution is 6.09. The summed E-state index contributed by atoms with van der Waals surface area (Å²) < 4.78 is 77.7. The predicted octanol–water partition coefficient (Wildman–Crippen LogP) is 9.07. The number of phenols is 1. The van der Waals surface area contributed by atoms with E-state index in [2.05, 4.69) is 5.32 Å². The molecule has 0 aliphatic carbocycles. The van der Waals surface area contributed by atoms with Crippen molar-refractivity contribution in [1.29, 1.82) is 0 Å². The Morgan fingerprint density at radius 1 is 1.02 bits per heavy atom. The molecule has 2 atom stereocenters. The number of benzene rings is 3. The molecule has 0 spiro atoms. The van der Waals surface area contributed by atoms with Crippen molar-refractivity contribution in [3.8, 4) is 28.1 Å². The molecule has 1 aromatic heterocycles. The van der Waals surface area contributed by atoms with Crippen molar-refractivity contribution in [2.45, 2.75) is 104 Å². The molecule has 0 radical (unpaired) electrons. The van der Waals surface area contributed by atoms with Gasteiger partial charge in [-0.1, -0.05) is 44.1 Å². The van der Waals surface area contributed by atoms with Gasteiger partial charge in [-0.25, -0.2) is 4.39 Å². The number of ether oxygens (including phenoxy) is 3. The van der Waals surface area contributed by atoms with E-state index >= 15 is 0 Å². The molecule has 260 valence electrons. The number of carbonyl (C=O) groups excluding carboxylic acids is 2. The smallest absolute Gasteiger partial charge is 0.308 e. The van der Waals surface area contributed by atoms with E-state index in [1.54, 1.807) is 46.8 Å². The molecule has 4 aromatic rings. The van der Waals surface area contributed by atoms with Crippen molar-refractivity contribution in [2.75, 3.05) is 5.32 Å². The second-order valence-electron chi connectivity index (χ2n) is 14.0. The van der Waals surface area contributed by atoms with E-state index in [0.717, 1.165) is 0 Å². The largest absolute Gasteiger partial charge is 0.508 e. The van der Waals surface area contributed by atoms with Gasteiger partial charge in [0.25, 0.3) is 5.91 Å². The summed E-state index contributed by atoms with van der Waals surface area (Å²) in [5, 5.41) is 12.9. The normalized spacial score (nSPS) is 19.0. The van der Waals surface area contributed by atoms with E-state index in [0.29, 0.717) is 29.8 Å². The van der Waals surface area contributed by atoms with Gasteiger partial charge in [0.2, 0.25) is 0 Å². The number of phenolic OH excluding ortho intramolecular Hbond substituents is 1. The first-order chi connectivity index (χ1) is 25.2. The topological polar surface area (TPSA) is 99.0 Å². The van der Waals surface area contributed by atoms with Crippen LogP contribution in [-0.2, 0) is 25.5 Å². The molecule has 1 aliphatic heterocycles. The number of hydrogen-bond acceptors (Lipinski definition) is 6. The summed E-state index contributed by atoms with van der Waals surface area (Å²) in [6.07, 6.45) is -0.140. The summed E-state index contributed by atoms with van der Waals surface area (Å²) in [5.41, 5.74) is 1.25. The average molecular weight is 676 g/mol. The SMILES string of the molecule is [2H]c1c([2H])c([2H])c(-c2c(NC(=O)c3ccc(O)cc3)c(C(C)C)n(CCC3CC(CC(=O)OC(C)(C)C)OC(C)(C)O3)c2-c2ccc(F)cc2)c([2H])c1[2H]. The van der Waals surface area contributed by atoms with E-state index in [1.165, 1.54) is 36.4 Å². The van der Waals surface area contributed by atoms with Crippen LogP contribution in [0, 0.1) is 5.82 Å². The number of hydrogen-bond donors (Lipinski definition) is 2. The fourth-order valence-electron chi connectivity index (χ4n) is 6.28. The number of nitrogens with one attached hydrogen (secondary N) is 1. The fourth-order valence-corrected chi connectivity index (χ4v) is 6.28. The number of halogens is 1. The van der Waals surface area contributed by atoms with Gasteiger partial charge in [-0.3, -0.25) is 9.59 Å². The lowest BCUT2D eigenvalue weighted by atomic mass is 9.98. The van der Waals surface area contributed by atoms with Crippen LogP contribution in [0.1, 0.15) is 96.6 Å². The number of rotatable bonds is 10. The van der Waals surface area contributed by atoms with Gasteiger partial charge in [-0.05, 0) is 107 Å². The van der Waals surface area contributed by atoms with Crippen LogP contribution < -0.4 is 5.32 Å². The molecule has 3 aromatic carbocycles. The Bertz CT molecular complexity index is 2010. The molecule has 2 heterocycles. The first-order valence-corrected chi connectivity index (χ1v) is 16.4. The third kappa shape index (κ3) is 8.96. The summed E-state index contributed by atoms with van der Waals surface area (Å²) in [4.78, 5) is 26.7. The van der Waals surface area contributed by atoms with Crippen molar-refractivity contribution < 1.29 is 40.2 Å². The van der Waals surface area contributed by atoms with Gasteiger partial charge < -0.3 is 29.2 Å². The standard InChI is InChI=1S/C40H47FN2O6/c1-25(2)36-35(42-38(46)28-15-19-30(44)20-16-28)34(26-11-9-8-10-12-26)37(27-13-17-29(41)18-14-27)43(36)22-21-31-23-32(48-40(6,7)47-31)24-33(45)49-39(3,4)5/h8-20,25,31-32,44H,21-24H2,1-7H3,(H,42,46)/i8D,9D,10D,11D,12D. The molecule has 5 rings (SSSR count). The monoisotopic (exact) mass is 675 g/mol. The molecule has 49 heavy (non-hydrogen) atoms. The van der Waals surface area contributed by atoms with Gasteiger partial charge >= 0.3 is 5.97 Å². The Balaban J connectivity index is 1.71. The Morgan fingerprint density at radius 2 is 1.65 bits per heavy atom. The van der Waals surface area contributed by atoms with E-state index in [1.807, 2.05) is 18.4 Å². The zero-order valence-corrected chi connectivity index (χ0v) is 29.0. The maximum Gasteiger partial charge on any atom is 0.308 e. The molecular formula is C40H47FN2O6. The molecule has 1 fully saturated rings. The van der Waals surface area contributed by atoms with Crippen LogP contribution in [0.2, 0.25) is 0 Å². The lowest BCUT2D eigenvalue weighted by Gasteiger charge is -2.41. The molecule has 8 nitrogen and oxygen atoms in total. The summed E-state index contributed by atoms with van der Waals surface area (Å²) >= 11 is 0. The quantitative estimate of drug-likeness (QED) is 0.163. The number of nitrogens with zero attached hydrogens (tertiary/aromatic N) is 1. The minimum absolute atomic E-state index is 0.0230. The van der Waals surface area contributed by atoms with Crippen molar-refractivity contribution in [2.24, 2.45) is 0 Å². The van der Waals surface area contributed by atoms with Gasteiger partial charge in [-0.2, -0.15) is 0 Å². The second kappa shape index (κ2) is 14.6. The van der Waals surface area contributed by atoms with Crippen LogP contribution in [0.3, 0.4) is 0 Å². The van der Waals surface area contributed by atoms with Crippen LogP contribution in [0.15, 0.2) is 78.7 Å². The maximum absolute atomic E-state index is 14.4.